The molecule has 0 spiro atoms. The third-order valence-electron chi connectivity index (χ3n) is 3.74. The molecule has 0 amide bonds. The van der Waals surface area contributed by atoms with Gasteiger partial charge in [0.05, 0.1) is 11.3 Å². The second kappa shape index (κ2) is 6.01. The van der Waals surface area contributed by atoms with Crippen LogP contribution in [0.1, 0.15) is 34.5 Å². The summed E-state index contributed by atoms with van der Waals surface area (Å²) in [6.45, 7) is 2.27. The van der Waals surface area contributed by atoms with E-state index in [0.29, 0.717) is 16.5 Å². The lowest BCUT2D eigenvalue weighted by molar-refractivity contribution is 0.502. The van der Waals surface area contributed by atoms with Crippen molar-refractivity contribution in [3.63, 3.8) is 0 Å². The molecular weight excluding hydrogens is 300 g/mol. The number of aromatic nitrogens is 1. The van der Waals surface area contributed by atoms with Gasteiger partial charge >= 0.3 is 0 Å². The van der Waals surface area contributed by atoms with Crippen LogP contribution in [-0.4, -0.2) is 4.98 Å². The van der Waals surface area contributed by atoms with Crippen LogP contribution < -0.4 is 0 Å². The van der Waals surface area contributed by atoms with Crippen LogP contribution in [-0.2, 0) is 12.8 Å². The summed E-state index contributed by atoms with van der Waals surface area (Å²) in [6.07, 6.45) is 5.12. The molecular formula is C17H15ClN2S. The van der Waals surface area contributed by atoms with Crippen LogP contribution in [0.15, 0.2) is 24.3 Å². The number of thiazole rings is 1. The van der Waals surface area contributed by atoms with E-state index in [1.54, 1.807) is 11.3 Å². The molecule has 1 atom stereocenters. The summed E-state index contributed by atoms with van der Waals surface area (Å²) < 4.78 is 0. The molecule has 4 heteroatoms. The van der Waals surface area contributed by atoms with E-state index in [0.717, 1.165) is 23.4 Å². The molecule has 0 radical (unpaired) electrons. The van der Waals surface area contributed by atoms with Gasteiger partial charge in [0.25, 0.3) is 0 Å². The van der Waals surface area contributed by atoms with Crippen LogP contribution in [0.4, 0.5) is 0 Å². The van der Waals surface area contributed by atoms with Crippen LogP contribution in [0.5, 0.6) is 0 Å². The molecule has 1 aromatic heterocycles. The zero-order chi connectivity index (χ0) is 14.8. The Labute approximate surface area is 133 Å². The van der Waals surface area contributed by atoms with E-state index in [2.05, 4.69) is 18.0 Å². The first kappa shape index (κ1) is 14.3. The van der Waals surface area contributed by atoms with Gasteiger partial charge in [0.15, 0.2) is 0 Å². The molecule has 2 aromatic rings. The second-order valence-electron chi connectivity index (χ2n) is 5.43. The standard InChI is InChI=1S/C17H15ClN2S/c1-11-6-7-15-16(8-11)21-17(20-15)13(10-19)9-12-4-2-3-5-14(12)18/h2-5,9,11H,6-8H2,1H3. The van der Waals surface area contributed by atoms with Crippen LogP contribution in [0.3, 0.4) is 0 Å². The molecule has 1 heterocycles. The van der Waals surface area contributed by atoms with Crippen molar-refractivity contribution in [2.24, 2.45) is 5.92 Å². The molecule has 1 aliphatic rings. The second-order valence-corrected chi connectivity index (χ2v) is 6.92. The summed E-state index contributed by atoms with van der Waals surface area (Å²) >= 11 is 7.81. The molecule has 0 N–H and O–H groups in total. The number of halogens is 1. The summed E-state index contributed by atoms with van der Waals surface area (Å²) in [5.41, 5.74) is 2.63. The zero-order valence-corrected chi connectivity index (χ0v) is 13.3. The summed E-state index contributed by atoms with van der Waals surface area (Å²) in [4.78, 5) is 6.00. The largest absolute Gasteiger partial charge is 0.240 e. The predicted octanol–water partition coefficient (Wildman–Crippen LogP) is 4.99. The average molecular weight is 315 g/mol. The Hall–Kier alpha value is -1.63. The number of rotatable bonds is 2. The van der Waals surface area contributed by atoms with Gasteiger partial charge in [-0.25, -0.2) is 4.98 Å². The van der Waals surface area contributed by atoms with Crippen molar-refractivity contribution in [1.82, 2.24) is 4.98 Å². The molecule has 0 fully saturated rings. The lowest BCUT2D eigenvalue weighted by Crippen LogP contribution is -2.09. The van der Waals surface area contributed by atoms with Gasteiger partial charge in [-0.1, -0.05) is 36.7 Å². The minimum absolute atomic E-state index is 0.593. The van der Waals surface area contributed by atoms with Gasteiger partial charge in [-0.3, -0.25) is 0 Å². The van der Waals surface area contributed by atoms with Gasteiger partial charge in [0.1, 0.15) is 11.1 Å². The highest BCUT2D eigenvalue weighted by atomic mass is 35.5. The molecule has 2 nitrogen and oxygen atoms in total. The summed E-state index contributed by atoms with van der Waals surface area (Å²) in [5.74, 6) is 0.712. The predicted molar refractivity (Wildman–Crippen MR) is 88.2 cm³/mol. The van der Waals surface area contributed by atoms with E-state index >= 15 is 0 Å². The minimum Gasteiger partial charge on any atom is -0.240 e. The lowest BCUT2D eigenvalue weighted by Gasteiger charge is -2.15. The Morgan fingerprint density at radius 2 is 2.29 bits per heavy atom. The Balaban J connectivity index is 1.98. The van der Waals surface area contributed by atoms with Crippen molar-refractivity contribution in [2.45, 2.75) is 26.2 Å². The van der Waals surface area contributed by atoms with Crippen molar-refractivity contribution in [3.8, 4) is 6.07 Å². The summed E-state index contributed by atoms with van der Waals surface area (Å²) in [7, 11) is 0. The number of fused-ring (bicyclic) bond motifs is 1. The Kier molecular flexibility index (Phi) is 4.10. The lowest BCUT2D eigenvalue weighted by atomic mass is 9.93. The highest BCUT2D eigenvalue weighted by Crippen LogP contribution is 2.33. The van der Waals surface area contributed by atoms with Crippen LogP contribution in [0.2, 0.25) is 5.02 Å². The van der Waals surface area contributed by atoms with Gasteiger partial charge in [-0.15, -0.1) is 11.3 Å². The normalized spacial score (nSPS) is 18.1. The van der Waals surface area contributed by atoms with Gasteiger partial charge in [0.2, 0.25) is 0 Å². The number of nitrogens with zero attached hydrogens (tertiary/aromatic N) is 2. The van der Waals surface area contributed by atoms with Crippen LogP contribution in [0.25, 0.3) is 11.6 Å². The van der Waals surface area contributed by atoms with E-state index in [1.807, 2.05) is 30.3 Å². The van der Waals surface area contributed by atoms with Gasteiger partial charge in [-0.05, 0) is 42.9 Å². The maximum absolute atomic E-state index is 9.45. The quantitative estimate of drug-likeness (QED) is 0.732. The summed E-state index contributed by atoms with van der Waals surface area (Å²) in [5, 5.41) is 10.9. The topological polar surface area (TPSA) is 36.7 Å². The van der Waals surface area contributed by atoms with Crippen molar-refractivity contribution in [2.75, 3.05) is 0 Å². The van der Waals surface area contributed by atoms with E-state index in [1.165, 1.54) is 17.0 Å². The Bertz CT molecular complexity index is 739. The molecule has 1 aromatic carbocycles. The molecule has 1 aliphatic carbocycles. The third kappa shape index (κ3) is 3.02. The molecule has 3 rings (SSSR count). The number of nitriles is 1. The van der Waals surface area contributed by atoms with Crippen molar-refractivity contribution in [3.05, 3.63) is 50.4 Å². The van der Waals surface area contributed by atoms with E-state index in [4.69, 9.17) is 11.6 Å². The SMILES string of the molecule is CC1CCc2nc(C(C#N)=Cc3ccccc3Cl)sc2C1. The smallest absolute Gasteiger partial charge is 0.134 e. The fraction of sp³-hybridized carbons (Fsp3) is 0.294. The van der Waals surface area contributed by atoms with E-state index < -0.39 is 0 Å². The first-order valence-electron chi connectivity index (χ1n) is 7.02. The highest BCUT2D eigenvalue weighted by molar-refractivity contribution is 7.13. The van der Waals surface area contributed by atoms with Crippen LogP contribution >= 0.6 is 22.9 Å². The van der Waals surface area contributed by atoms with Gasteiger partial charge in [-0.2, -0.15) is 5.26 Å². The molecule has 0 saturated carbocycles. The van der Waals surface area contributed by atoms with Crippen molar-refractivity contribution < 1.29 is 0 Å². The Morgan fingerprint density at radius 1 is 1.48 bits per heavy atom. The van der Waals surface area contributed by atoms with Gasteiger partial charge < -0.3 is 0 Å². The fourth-order valence-electron chi connectivity index (χ4n) is 2.54. The highest BCUT2D eigenvalue weighted by Gasteiger charge is 2.21. The van der Waals surface area contributed by atoms with Crippen molar-refractivity contribution in [1.29, 1.82) is 5.26 Å². The maximum atomic E-state index is 9.45. The number of aryl methyl sites for hydroxylation is 1. The first-order valence-corrected chi connectivity index (χ1v) is 8.22. The van der Waals surface area contributed by atoms with Gasteiger partial charge in [0, 0.05) is 9.90 Å². The number of allylic oxidation sites excluding steroid dienone is 1. The molecule has 0 aliphatic heterocycles. The van der Waals surface area contributed by atoms with Crippen molar-refractivity contribution >= 4 is 34.6 Å². The average Bonchev–Trinajstić information content (AvgIpc) is 2.89. The zero-order valence-electron chi connectivity index (χ0n) is 11.8. The third-order valence-corrected chi connectivity index (χ3v) is 5.24. The molecule has 21 heavy (non-hydrogen) atoms. The monoisotopic (exact) mass is 314 g/mol. The van der Waals surface area contributed by atoms with E-state index in [9.17, 15) is 5.26 Å². The Morgan fingerprint density at radius 3 is 3.05 bits per heavy atom. The van der Waals surface area contributed by atoms with E-state index in [-0.39, 0.29) is 0 Å². The maximum Gasteiger partial charge on any atom is 0.134 e. The number of hydrogen-bond donors (Lipinski definition) is 0. The minimum atomic E-state index is 0.593. The molecule has 0 saturated heterocycles. The van der Waals surface area contributed by atoms with Crippen LogP contribution in [0, 0.1) is 17.2 Å². The number of benzene rings is 1. The summed E-state index contributed by atoms with van der Waals surface area (Å²) in [6, 6.07) is 9.81. The molecule has 1 unspecified atom stereocenters. The number of hydrogen-bond acceptors (Lipinski definition) is 3. The molecule has 106 valence electrons. The fourth-order valence-corrected chi connectivity index (χ4v) is 3.97. The molecule has 0 bridgehead atoms. The first-order chi connectivity index (χ1) is 10.2.